The lowest BCUT2D eigenvalue weighted by Crippen LogP contribution is -2.40. The van der Waals surface area contributed by atoms with Gasteiger partial charge in [-0.2, -0.15) is 0 Å². The van der Waals surface area contributed by atoms with Crippen LogP contribution in [0.25, 0.3) is 0 Å². The third-order valence-corrected chi connectivity index (χ3v) is 4.26. The topological polar surface area (TPSA) is 61.4 Å². The van der Waals surface area contributed by atoms with Crippen LogP contribution in [0.4, 0.5) is 11.4 Å². The molecule has 2 aromatic carbocycles. The standard InChI is InChI=1S/C20H23N3O2/c24-19(15-23-13-5-4-8-20(23)25)22-18-11-9-16(10-12-18)14-21-17-6-2-1-3-7-17/h1-3,6-7,9-12,21H,4-5,8,13-15H2,(H,22,24). The number of carbonyl (C=O) groups excluding carboxylic acids is 2. The van der Waals surface area contributed by atoms with Crippen molar-refractivity contribution in [2.75, 3.05) is 23.7 Å². The van der Waals surface area contributed by atoms with Gasteiger partial charge in [0.15, 0.2) is 0 Å². The third-order valence-electron chi connectivity index (χ3n) is 4.26. The van der Waals surface area contributed by atoms with E-state index >= 15 is 0 Å². The molecule has 1 aliphatic rings. The summed E-state index contributed by atoms with van der Waals surface area (Å²) >= 11 is 0. The highest BCUT2D eigenvalue weighted by atomic mass is 16.2. The van der Waals surface area contributed by atoms with Crippen molar-refractivity contribution in [3.63, 3.8) is 0 Å². The first-order chi connectivity index (χ1) is 12.2. The highest BCUT2D eigenvalue weighted by molar-refractivity contribution is 5.94. The van der Waals surface area contributed by atoms with Crippen molar-refractivity contribution in [1.82, 2.24) is 4.90 Å². The summed E-state index contributed by atoms with van der Waals surface area (Å²) in [4.78, 5) is 25.5. The Kier molecular flexibility index (Phi) is 5.67. The first-order valence-corrected chi connectivity index (χ1v) is 8.66. The molecular formula is C20H23N3O2. The average Bonchev–Trinajstić information content (AvgIpc) is 2.64. The molecule has 1 saturated heterocycles. The van der Waals surface area contributed by atoms with E-state index in [1.807, 2.05) is 54.6 Å². The lowest BCUT2D eigenvalue weighted by atomic mass is 10.1. The van der Waals surface area contributed by atoms with Gasteiger partial charge >= 0.3 is 0 Å². The first-order valence-electron chi connectivity index (χ1n) is 8.66. The van der Waals surface area contributed by atoms with Crippen molar-refractivity contribution in [1.29, 1.82) is 0 Å². The molecule has 0 aromatic heterocycles. The summed E-state index contributed by atoms with van der Waals surface area (Å²) < 4.78 is 0. The number of anilines is 2. The smallest absolute Gasteiger partial charge is 0.243 e. The molecule has 0 radical (unpaired) electrons. The molecule has 1 aliphatic heterocycles. The van der Waals surface area contributed by atoms with Gasteiger partial charge in [0.1, 0.15) is 0 Å². The van der Waals surface area contributed by atoms with Crippen LogP contribution in [0.3, 0.4) is 0 Å². The number of likely N-dealkylation sites (tertiary alicyclic amines) is 1. The zero-order valence-electron chi connectivity index (χ0n) is 14.2. The van der Waals surface area contributed by atoms with Gasteiger partial charge in [-0.15, -0.1) is 0 Å². The van der Waals surface area contributed by atoms with Crippen molar-refractivity contribution in [3.05, 3.63) is 60.2 Å². The molecule has 0 spiro atoms. The number of amides is 2. The number of nitrogens with zero attached hydrogens (tertiary/aromatic N) is 1. The van der Waals surface area contributed by atoms with E-state index < -0.39 is 0 Å². The zero-order chi connectivity index (χ0) is 17.5. The molecule has 5 nitrogen and oxygen atoms in total. The van der Waals surface area contributed by atoms with Crippen LogP contribution in [-0.4, -0.2) is 29.8 Å². The summed E-state index contributed by atoms with van der Waals surface area (Å²) in [6, 6.07) is 17.8. The Morgan fingerprint density at radius 1 is 0.960 bits per heavy atom. The molecule has 0 unspecified atom stereocenters. The van der Waals surface area contributed by atoms with Gasteiger partial charge in [0, 0.05) is 30.9 Å². The van der Waals surface area contributed by atoms with E-state index in [9.17, 15) is 9.59 Å². The maximum absolute atomic E-state index is 12.1. The molecule has 0 bridgehead atoms. The van der Waals surface area contributed by atoms with E-state index in [-0.39, 0.29) is 18.4 Å². The van der Waals surface area contributed by atoms with Crippen molar-refractivity contribution >= 4 is 23.2 Å². The van der Waals surface area contributed by atoms with Gasteiger partial charge < -0.3 is 15.5 Å². The average molecular weight is 337 g/mol. The molecule has 130 valence electrons. The van der Waals surface area contributed by atoms with E-state index in [2.05, 4.69) is 10.6 Å². The second-order valence-corrected chi connectivity index (χ2v) is 6.24. The minimum Gasteiger partial charge on any atom is -0.381 e. The van der Waals surface area contributed by atoms with Crippen molar-refractivity contribution in [2.24, 2.45) is 0 Å². The highest BCUT2D eigenvalue weighted by Gasteiger charge is 2.20. The maximum Gasteiger partial charge on any atom is 0.243 e. The minimum atomic E-state index is -0.148. The molecular weight excluding hydrogens is 314 g/mol. The molecule has 5 heteroatoms. The fourth-order valence-corrected chi connectivity index (χ4v) is 2.87. The monoisotopic (exact) mass is 337 g/mol. The van der Waals surface area contributed by atoms with Gasteiger partial charge in [-0.3, -0.25) is 9.59 Å². The zero-order valence-corrected chi connectivity index (χ0v) is 14.2. The molecule has 0 saturated carbocycles. The van der Waals surface area contributed by atoms with E-state index in [4.69, 9.17) is 0 Å². The van der Waals surface area contributed by atoms with Gasteiger partial charge in [-0.05, 0) is 42.7 Å². The second kappa shape index (κ2) is 8.33. The number of rotatable bonds is 6. The van der Waals surface area contributed by atoms with Crippen molar-refractivity contribution in [2.45, 2.75) is 25.8 Å². The molecule has 0 aliphatic carbocycles. The maximum atomic E-state index is 12.1. The molecule has 3 rings (SSSR count). The van der Waals surface area contributed by atoms with Crippen molar-refractivity contribution in [3.8, 4) is 0 Å². The van der Waals surface area contributed by atoms with Crippen LogP contribution in [0.15, 0.2) is 54.6 Å². The van der Waals surface area contributed by atoms with Crippen LogP contribution in [0, 0.1) is 0 Å². The van der Waals surface area contributed by atoms with Gasteiger partial charge in [-0.1, -0.05) is 30.3 Å². The second-order valence-electron chi connectivity index (χ2n) is 6.24. The largest absolute Gasteiger partial charge is 0.381 e. The number of hydrogen-bond donors (Lipinski definition) is 2. The fourth-order valence-electron chi connectivity index (χ4n) is 2.87. The SMILES string of the molecule is O=C(CN1CCCCC1=O)Nc1ccc(CNc2ccccc2)cc1. The predicted molar refractivity (Wildman–Crippen MR) is 99.3 cm³/mol. The minimum absolute atomic E-state index is 0.0729. The number of benzene rings is 2. The van der Waals surface area contributed by atoms with E-state index in [1.54, 1.807) is 4.90 Å². The lowest BCUT2D eigenvalue weighted by Gasteiger charge is -2.25. The number of hydrogen-bond acceptors (Lipinski definition) is 3. The Morgan fingerprint density at radius 2 is 1.72 bits per heavy atom. The Bertz CT molecular complexity index is 713. The van der Waals surface area contributed by atoms with Crippen LogP contribution in [0.5, 0.6) is 0 Å². The van der Waals surface area contributed by atoms with Crippen LogP contribution >= 0.6 is 0 Å². The summed E-state index contributed by atoms with van der Waals surface area (Å²) in [7, 11) is 0. The van der Waals surface area contributed by atoms with Gasteiger partial charge in [0.25, 0.3) is 0 Å². The Hall–Kier alpha value is -2.82. The van der Waals surface area contributed by atoms with E-state index in [0.29, 0.717) is 13.0 Å². The Balaban J connectivity index is 1.48. The predicted octanol–water partition coefficient (Wildman–Crippen LogP) is 3.25. The van der Waals surface area contributed by atoms with Crippen molar-refractivity contribution < 1.29 is 9.59 Å². The quantitative estimate of drug-likeness (QED) is 0.850. The summed E-state index contributed by atoms with van der Waals surface area (Å²) in [5, 5.41) is 6.21. The summed E-state index contributed by atoms with van der Waals surface area (Å²) in [6.07, 6.45) is 2.45. The molecule has 2 amide bonds. The fraction of sp³-hybridized carbons (Fsp3) is 0.300. The number of nitrogens with one attached hydrogen (secondary N) is 2. The molecule has 2 aromatic rings. The van der Waals surface area contributed by atoms with E-state index in [1.165, 1.54) is 0 Å². The normalized spacial score (nSPS) is 14.2. The first kappa shape index (κ1) is 17.0. The van der Waals surface area contributed by atoms with E-state index in [0.717, 1.165) is 36.3 Å². The molecule has 0 atom stereocenters. The summed E-state index contributed by atoms with van der Waals surface area (Å²) in [5.41, 5.74) is 2.96. The summed E-state index contributed by atoms with van der Waals surface area (Å²) in [5.74, 6) is -0.0749. The van der Waals surface area contributed by atoms with Crippen LogP contribution < -0.4 is 10.6 Å². The highest BCUT2D eigenvalue weighted by Crippen LogP contribution is 2.14. The molecule has 2 N–H and O–H groups in total. The van der Waals surface area contributed by atoms with Gasteiger partial charge in [0.05, 0.1) is 6.54 Å². The number of para-hydroxylation sites is 1. The van der Waals surface area contributed by atoms with Crippen LogP contribution in [0.2, 0.25) is 0 Å². The molecule has 25 heavy (non-hydrogen) atoms. The van der Waals surface area contributed by atoms with Gasteiger partial charge in [0.2, 0.25) is 11.8 Å². The Morgan fingerprint density at radius 3 is 2.44 bits per heavy atom. The molecule has 1 heterocycles. The van der Waals surface area contributed by atoms with Gasteiger partial charge in [-0.25, -0.2) is 0 Å². The summed E-state index contributed by atoms with van der Waals surface area (Å²) in [6.45, 7) is 1.53. The van der Waals surface area contributed by atoms with Crippen LogP contribution in [0.1, 0.15) is 24.8 Å². The molecule has 1 fully saturated rings. The Labute approximate surface area is 148 Å². The number of piperidine rings is 1. The lowest BCUT2D eigenvalue weighted by molar-refractivity contribution is -0.136. The van der Waals surface area contributed by atoms with Crippen LogP contribution in [-0.2, 0) is 16.1 Å². The third kappa shape index (κ3) is 5.08. The number of carbonyl (C=O) groups is 2.